The summed E-state index contributed by atoms with van der Waals surface area (Å²) in [6.45, 7) is 4.00. The Morgan fingerprint density at radius 2 is 1.83 bits per heavy atom. The summed E-state index contributed by atoms with van der Waals surface area (Å²) in [4.78, 5) is 6.87. The van der Waals surface area contributed by atoms with Gasteiger partial charge < -0.3 is 15.4 Å². The van der Waals surface area contributed by atoms with Crippen LogP contribution in [-0.4, -0.2) is 55.2 Å². The van der Waals surface area contributed by atoms with Gasteiger partial charge in [-0.25, -0.2) is 4.39 Å². The van der Waals surface area contributed by atoms with Crippen LogP contribution in [0.1, 0.15) is 18.4 Å². The quantitative estimate of drug-likeness (QED) is 0.424. The molecule has 0 saturated carbocycles. The lowest BCUT2D eigenvalue weighted by Crippen LogP contribution is -2.44. The molecule has 2 aliphatic rings. The molecule has 0 atom stereocenters. The molecule has 24 heavy (non-hydrogen) atoms. The summed E-state index contributed by atoms with van der Waals surface area (Å²) in [6, 6.07) is 6.82. The number of nitrogens with two attached hydrogens (primary N) is 1. The van der Waals surface area contributed by atoms with E-state index < -0.39 is 0 Å². The molecule has 0 radical (unpaired) electrons. The zero-order valence-corrected chi connectivity index (χ0v) is 16.9. The van der Waals surface area contributed by atoms with E-state index in [1.54, 1.807) is 0 Å². The fourth-order valence-electron chi connectivity index (χ4n) is 3.23. The molecule has 2 aliphatic heterocycles. The van der Waals surface area contributed by atoms with E-state index in [1.807, 2.05) is 23.9 Å². The zero-order chi connectivity index (χ0) is 16.1. The third kappa shape index (κ3) is 4.76. The van der Waals surface area contributed by atoms with Gasteiger partial charge in [-0.3, -0.25) is 4.99 Å². The minimum atomic E-state index is -0.204. The van der Waals surface area contributed by atoms with Crippen LogP contribution < -0.4 is 5.73 Å². The lowest BCUT2D eigenvalue weighted by molar-refractivity contribution is 0.0530. The standard InChI is InChI=1S/C17H24FN3OS.HI/c18-15-3-1-14(2-4-15)17(5-9-22-10-6-17)13-20-16(19)21-7-11-23-12-8-21;/h1-4H,5-13H2,(H2,19,20);1H. The number of ether oxygens (including phenoxy) is 1. The van der Waals surface area contributed by atoms with Crippen LogP contribution >= 0.6 is 35.7 Å². The van der Waals surface area contributed by atoms with Crippen LogP contribution in [0.5, 0.6) is 0 Å². The molecule has 0 bridgehead atoms. The van der Waals surface area contributed by atoms with Gasteiger partial charge in [0, 0.05) is 43.2 Å². The number of nitrogens with zero attached hydrogens (tertiary/aromatic N) is 2. The highest BCUT2D eigenvalue weighted by Gasteiger charge is 2.34. The number of benzene rings is 1. The SMILES string of the molecule is I.NC(=NCC1(c2ccc(F)cc2)CCOCC1)N1CCSCC1. The number of thioether (sulfide) groups is 1. The lowest BCUT2D eigenvalue weighted by atomic mass is 9.74. The van der Waals surface area contributed by atoms with Gasteiger partial charge >= 0.3 is 0 Å². The smallest absolute Gasteiger partial charge is 0.191 e. The van der Waals surface area contributed by atoms with Gasteiger partial charge in [0.15, 0.2) is 5.96 Å². The van der Waals surface area contributed by atoms with Gasteiger partial charge in [-0.05, 0) is 30.5 Å². The molecule has 2 saturated heterocycles. The van der Waals surface area contributed by atoms with Crippen LogP contribution in [0.2, 0.25) is 0 Å². The monoisotopic (exact) mass is 465 g/mol. The van der Waals surface area contributed by atoms with Crippen molar-refractivity contribution in [3.05, 3.63) is 35.6 Å². The maximum atomic E-state index is 13.3. The molecule has 0 unspecified atom stereocenters. The van der Waals surface area contributed by atoms with Gasteiger partial charge in [0.2, 0.25) is 0 Å². The molecule has 134 valence electrons. The number of guanidine groups is 1. The first-order chi connectivity index (χ1) is 11.2. The largest absolute Gasteiger partial charge is 0.381 e. The summed E-state index contributed by atoms with van der Waals surface area (Å²) < 4.78 is 18.8. The Bertz CT molecular complexity index is 543. The minimum absolute atomic E-state index is 0. The van der Waals surface area contributed by atoms with Crippen molar-refractivity contribution in [2.24, 2.45) is 10.7 Å². The highest BCUT2D eigenvalue weighted by Crippen LogP contribution is 2.35. The maximum Gasteiger partial charge on any atom is 0.191 e. The van der Waals surface area contributed by atoms with E-state index in [1.165, 1.54) is 12.1 Å². The lowest BCUT2D eigenvalue weighted by Gasteiger charge is -2.37. The van der Waals surface area contributed by atoms with Crippen molar-refractivity contribution in [1.82, 2.24) is 4.90 Å². The number of aliphatic imine (C=N–C) groups is 1. The molecule has 0 aromatic heterocycles. The van der Waals surface area contributed by atoms with Crippen molar-refractivity contribution >= 4 is 41.7 Å². The van der Waals surface area contributed by atoms with Crippen molar-refractivity contribution in [3.8, 4) is 0 Å². The zero-order valence-electron chi connectivity index (χ0n) is 13.7. The second-order valence-corrected chi connectivity index (χ2v) is 7.40. The second-order valence-electron chi connectivity index (χ2n) is 6.17. The van der Waals surface area contributed by atoms with E-state index in [4.69, 9.17) is 15.5 Å². The van der Waals surface area contributed by atoms with Crippen molar-refractivity contribution in [2.75, 3.05) is 44.4 Å². The van der Waals surface area contributed by atoms with Crippen molar-refractivity contribution in [1.29, 1.82) is 0 Å². The van der Waals surface area contributed by atoms with Crippen LogP contribution in [0.25, 0.3) is 0 Å². The van der Waals surface area contributed by atoms with Crippen LogP contribution in [0, 0.1) is 5.82 Å². The van der Waals surface area contributed by atoms with Gasteiger partial charge in [0.05, 0.1) is 6.54 Å². The Labute approximate surface area is 164 Å². The first-order valence-electron chi connectivity index (χ1n) is 8.16. The Hall–Kier alpha value is -0.540. The fraction of sp³-hybridized carbons (Fsp3) is 0.588. The molecule has 7 heteroatoms. The number of halogens is 2. The third-order valence-corrected chi connectivity index (χ3v) is 5.73. The van der Waals surface area contributed by atoms with Gasteiger partial charge in [-0.1, -0.05) is 12.1 Å². The van der Waals surface area contributed by atoms with E-state index in [-0.39, 0.29) is 35.2 Å². The summed E-state index contributed by atoms with van der Waals surface area (Å²) in [6.07, 6.45) is 1.79. The highest BCUT2D eigenvalue weighted by atomic mass is 127. The third-order valence-electron chi connectivity index (χ3n) is 4.79. The maximum absolute atomic E-state index is 13.3. The number of rotatable bonds is 3. The van der Waals surface area contributed by atoms with E-state index in [9.17, 15) is 4.39 Å². The molecule has 3 rings (SSSR count). The first kappa shape index (κ1) is 19.8. The molecule has 4 nitrogen and oxygen atoms in total. The van der Waals surface area contributed by atoms with Gasteiger partial charge in [-0.2, -0.15) is 11.8 Å². The van der Waals surface area contributed by atoms with E-state index >= 15 is 0 Å². The Morgan fingerprint density at radius 1 is 1.21 bits per heavy atom. The van der Waals surface area contributed by atoms with E-state index in [0.29, 0.717) is 25.7 Å². The molecule has 0 spiro atoms. The summed E-state index contributed by atoms with van der Waals surface area (Å²) in [5, 5.41) is 0. The summed E-state index contributed by atoms with van der Waals surface area (Å²) >= 11 is 1.96. The molecule has 1 aromatic rings. The Morgan fingerprint density at radius 3 is 2.46 bits per heavy atom. The first-order valence-corrected chi connectivity index (χ1v) is 9.31. The predicted molar refractivity (Wildman–Crippen MR) is 109 cm³/mol. The Kier molecular flexibility index (Phi) is 7.61. The van der Waals surface area contributed by atoms with Crippen molar-refractivity contribution in [2.45, 2.75) is 18.3 Å². The summed E-state index contributed by atoms with van der Waals surface area (Å²) in [5.41, 5.74) is 7.24. The minimum Gasteiger partial charge on any atom is -0.381 e. The van der Waals surface area contributed by atoms with Crippen molar-refractivity contribution in [3.63, 3.8) is 0 Å². The molecule has 1 aromatic carbocycles. The van der Waals surface area contributed by atoms with Crippen molar-refractivity contribution < 1.29 is 9.13 Å². The molecule has 0 amide bonds. The highest BCUT2D eigenvalue weighted by molar-refractivity contribution is 14.0. The number of hydrogen-bond acceptors (Lipinski definition) is 3. The topological polar surface area (TPSA) is 50.9 Å². The molecule has 2 heterocycles. The fourth-order valence-corrected chi connectivity index (χ4v) is 4.13. The summed E-state index contributed by atoms with van der Waals surface area (Å²) in [5.74, 6) is 2.64. The average molecular weight is 465 g/mol. The van der Waals surface area contributed by atoms with Crippen LogP contribution in [0.3, 0.4) is 0 Å². The van der Waals surface area contributed by atoms with Gasteiger partial charge in [0.25, 0.3) is 0 Å². The van der Waals surface area contributed by atoms with Crippen LogP contribution in [0.15, 0.2) is 29.3 Å². The molecule has 2 N–H and O–H groups in total. The predicted octanol–water partition coefficient (Wildman–Crippen LogP) is 2.86. The van der Waals surface area contributed by atoms with Crippen LogP contribution in [0.4, 0.5) is 4.39 Å². The van der Waals surface area contributed by atoms with Gasteiger partial charge in [-0.15, -0.1) is 24.0 Å². The molecular formula is C17H25FIN3OS. The Balaban J connectivity index is 0.00000208. The average Bonchev–Trinajstić information content (AvgIpc) is 2.62. The van der Waals surface area contributed by atoms with Crippen LogP contribution in [-0.2, 0) is 10.2 Å². The summed E-state index contributed by atoms with van der Waals surface area (Å²) in [7, 11) is 0. The van der Waals surface area contributed by atoms with E-state index in [2.05, 4.69) is 4.90 Å². The van der Waals surface area contributed by atoms with Gasteiger partial charge in [0.1, 0.15) is 5.82 Å². The normalized spacial score (nSPS) is 21.2. The molecule has 2 fully saturated rings. The second kappa shape index (κ2) is 9.24. The molecule has 0 aliphatic carbocycles. The number of hydrogen-bond donors (Lipinski definition) is 1. The van der Waals surface area contributed by atoms with E-state index in [0.717, 1.165) is 43.0 Å². The molecular weight excluding hydrogens is 440 g/mol.